The molecule has 3 N–H and O–H groups in total. The molecule has 1 heterocycles. The van der Waals surface area contributed by atoms with E-state index in [1.165, 1.54) is 19.3 Å². The molecule has 0 amide bonds. The fourth-order valence-corrected chi connectivity index (χ4v) is 1.35. The van der Waals surface area contributed by atoms with Gasteiger partial charge in [-0.2, -0.15) is 0 Å². The van der Waals surface area contributed by atoms with E-state index < -0.39 is 0 Å². The van der Waals surface area contributed by atoms with Crippen molar-refractivity contribution in [2.75, 3.05) is 6.54 Å². The SMILES string of the molecule is C=C(N)C1CCCCCN1. The maximum absolute atomic E-state index is 5.58. The molecule has 1 aliphatic heterocycles. The van der Waals surface area contributed by atoms with Crippen LogP contribution >= 0.6 is 0 Å². The second-order valence-electron chi connectivity index (χ2n) is 2.93. The predicted molar refractivity (Wildman–Crippen MR) is 43.6 cm³/mol. The van der Waals surface area contributed by atoms with Gasteiger partial charge in [0, 0.05) is 11.7 Å². The molecule has 0 aromatic heterocycles. The van der Waals surface area contributed by atoms with Crippen LogP contribution in [0.15, 0.2) is 12.3 Å². The van der Waals surface area contributed by atoms with E-state index >= 15 is 0 Å². The molecule has 1 atom stereocenters. The molecule has 0 radical (unpaired) electrons. The van der Waals surface area contributed by atoms with Crippen LogP contribution in [-0.2, 0) is 0 Å². The Morgan fingerprint density at radius 3 is 2.90 bits per heavy atom. The van der Waals surface area contributed by atoms with E-state index in [0.29, 0.717) is 6.04 Å². The summed E-state index contributed by atoms with van der Waals surface area (Å²) in [4.78, 5) is 0. The van der Waals surface area contributed by atoms with Gasteiger partial charge in [0.15, 0.2) is 0 Å². The molecule has 0 aromatic carbocycles. The maximum Gasteiger partial charge on any atom is 0.0461 e. The Morgan fingerprint density at radius 2 is 2.20 bits per heavy atom. The molecule has 0 bridgehead atoms. The number of nitrogens with two attached hydrogens (primary N) is 1. The minimum absolute atomic E-state index is 0.377. The summed E-state index contributed by atoms with van der Waals surface area (Å²) in [5, 5.41) is 3.36. The molecule has 0 saturated carbocycles. The Hall–Kier alpha value is -0.500. The van der Waals surface area contributed by atoms with Crippen LogP contribution in [0.5, 0.6) is 0 Å². The lowest BCUT2D eigenvalue weighted by molar-refractivity contribution is 0.569. The van der Waals surface area contributed by atoms with Crippen molar-refractivity contribution in [2.45, 2.75) is 31.7 Å². The van der Waals surface area contributed by atoms with E-state index in [2.05, 4.69) is 11.9 Å². The van der Waals surface area contributed by atoms with Gasteiger partial charge in [0.2, 0.25) is 0 Å². The van der Waals surface area contributed by atoms with Gasteiger partial charge in [-0.25, -0.2) is 0 Å². The van der Waals surface area contributed by atoms with Gasteiger partial charge < -0.3 is 11.1 Å². The molecule has 2 heteroatoms. The van der Waals surface area contributed by atoms with Crippen molar-refractivity contribution in [3.05, 3.63) is 12.3 Å². The summed E-state index contributed by atoms with van der Waals surface area (Å²) < 4.78 is 0. The van der Waals surface area contributed by atoms with Gasteiger partial charge in [0.1, 0.15) is 0 Å². The third kappa shape index (κ3) is 2.03. The number of rotatable bonds is 1. The molecule has 10 heavy (non-hydrogen) atoms. The van der Waals surface area contributed by atoms with E-state index in [1.54, 1.807) is 0 Å². The lowest BCUT2D eigenvalue weighted by Crippen LogP contribution is -2.32. The van der Waals surface area contributed by atoms with E-state index in [0.717, 1.165) is 18.7 Å². The van der Waals surface area contributed by atoms with Gasteiger partial charge in [0.25, 0.3) is 0 Å². The smallest absolute Gasteiger partial charge is 0.0461 e. The number of hydrogen-bond acceptors (Lipinski definition) is 2. The Bertz CT molecular complexity index is 112. The maximum atomic E-state index is 5.58. The average Bonchev–Trinajstić information content (AvgIpc) is 2.12. The fraction of sp³-hybridized carbons (Fsp3) is 0.750. The minimum Gasteiger partial charge on any atom is -0.401 e. The first kappa shape index (κ1) is 7.61. The van der Waals surface area contributed by atoms with E-state index in [9.17, 15) is 0 Å². The van der Waals surface area contributed by atoms with E-state index in [-0.39, 0.29) is 0 Å². The number of nitrogens with one attached hydrogen (secondary N) is 1. The van der Waals surface area contributed by atoms with Gasteiger partial charge in [0.05, 0.1) is 0 Å². The van der Waals surface area contributed by atoms with Crippen LogP contribution in [-0.4, -0.2) is 12.6 Å². The molecule has 1 unspecified atom stereocenters. The van der Waals surface area contributed by atoms with Crippen molar-refractivity contribution in [3.63, 3.8) is 0 Å². The molecular formula is C8H16N2. The van der Waals surface area contributed by atoms with Crippen LogP contribution in [0.25, 0.3) is 0 Å². The van der Waals surface area contributed by atoms with Crippen molar-refractivity contribution in [2.24, 2.45) is 5.73 Å². The monoisotopic (exact) mass is 140 g/mol. The fourth-order valence-electron chi connectivity index (χ4n) is 1.35. The highest BCUT2D eigenvalue weighted by molar-refractivity contribution is 5.00. The molecule has 1 rings (SSSR count). The molecule has 0 aliphatic carbocycles. The second-order valence-corrected chi connectivity index (χ2v) is 2.93. The highest BCUT2D eigenvalue weighted by atomic mass is 14.9. The Morgan fingerprint density at radius 1 is 1.40 bits per heavy atom. The van der Waals surface area contributed by atoms with Crippen LogP contribution in [0.1, 0.15) is 25.7 Å². The zero-order chi connectivity index (χ0) is 7.40. The number of hydrogen-bond donors (Lipinski definition) is 2. The average molecular weight is 140 g/mol. The van der Waals surface area contributed by atoms with Gasteiger partial charge in [-0.05, 0) is 19.4 Å². The Balaban J connectivity index is 2.35. The summed E-state index contributed by atoms with van der Waals surface area (Å²) in [5.41, 5.74) is 6.37. The molecule has 0 spiro atoms. The first-order valence-corrected chi connectivity index (χ1v) is 3.98. The summed E-state index contributed by atoms with van der Waals surface area (Å²) in [6.45, 7) is 4.83. The molecule has 2 nitrogen and oxygen atoms in total. The summed E-state index contributed by atoms with van der Waals surface area (Å²) in [5.74, 6) is 0. The third-order valence-corrected chi connectivity index (χ3v) is 2.01. The summed E-state index contributed by atoms with van der Waals surface area (Å²) in [7, 11) is 0. The van der Waals surface area contributed by atoms with Crippen molar-refractivity contribution < 1.29 is 0 Å². The first-order valence-electron chi connectivity index (χ1n) is 3.98. The lowest BCUT2D eigenvalue weighted by Gasteiger charge is -2.14. The molecule has 58 valence electrons. The lowest BCUT2D eigenvalue weighted by atomic mass is 10.1. The Labute approximate surface area is 62.5 Å². The van der Waals surface area contributed by atoms with Crippen molar-refractivity contribution in [1.82, 2.24) is 5.32 Å². The summed E-state index contributed by atoms with van der Waals surface area (Å²) in [6, 6.07) is 0.377. The van der Waals surface area contributed by atoms with Gasteiger partial charge in [-0.3, -0.25) is 0 Å². The van der Waals surface area contributed by atoms with Gasteiger partial charge in [-0.1, -0.05) is 19.4 Å². The normalized spacial score (nSPS) is 27.4. The quantitative estimate of drug-likeness (QED) is 0.570. The highest BCUT2D eigenvalue weighted by Crippen LogP contribution is 2.10. The van der Waals surface area contributed by atoms with E-state index in [1.807, 2.05) is 0 Å². The van der Waals surface area contributed by atoms with Crippen LogP contribution in [0.3, 0.4) is 0 Å². The Kier molecular flexibility index (Phi) is 2.75. The van der Waals surface area contributed by atoms with Gasteiger partial charge in [-0.15, -0.1) is 0 Å². The standard InChI is InChI=1S/C8H16N2/c1-7(9)8-5-3-2-4-6-10-8/h8,10H,1-6,9H2. The van der Waals surface area contributed by atoms with E-state index in [4.69, 9.17) is 5.73 Å². The van der Waals surface area contributed by atoms with Crippen LogP contribution in [0.4, 0.5) is 0 Å². The first-order chi connectivity index (χ1) is 4.80. The molecular weight excluding hydrogens is 124 g/mol. The topological polar surface area (TPSA) is 38.0 Å². The summed E-state index contributed by atoms with van der Waals surface area (Å²) in [6.07, 6.45) is 5.06. The molecule has 1 fully saturated rings. The van der Waals surface area contributed by atoms with Crippen molar-refractivity contribution in [1.29, 1.82) is 0 Å². The molecule has 1 saturated heterocycles. The highest BCUT2D eigenvalue weighted by Gasteiger charge is 2.11. The largest absolute Gasteiger partial charge is 0.401 e. The van der Waals surface area contributed by atoms with Crippen LogP contribution in [0.2, 0.25) is 0 Å². The molecule has 0 aromatic rings. The van der Waals surface area contributed by atoms with Crippen LogP contribution < -0.4 is 11.1 Å². The zero-order valence-electron chi connectivity index (χ0n) is 6.40. The summed E-state index contributed by atoms with van der Waals surface area (Å²) >= 11 is 0. The molecule has 1 aliphatic rings. The van der Waals surface area contributed by atoms with Crippen molar-refractivity contribution in [3.8, 4) is 0 Å². The van der Waals surface area contributed by atoms with Crippen LogP contribution in [0, 0.1) is 0 Å². The third-order valence-electron chi connectivity index (χ3n) is 2.01. The minimum atomic E-state index is 0.377. The second kappa shape index (κ2) is 3.62. The predicted octanol–water partition coefficient (Wildman–Crippen LogP) is 0.991. The van der Waals surface area contributed by atoms with Crippen molar-refractivity contribution >= 4 is 0 Å². The zero-order valence-corrected chi connectivity index (χ0v) is 6.40. The van der Waals surface area contributed by atoms with Gasteiger partial charge >= 0.3 is 0 Å².